The highest BCUT2D eigenvalue weighted by Crippen LogP contribution is 2.40. The minimum absolute atomic E-state index is 0.218. The third-order valence-electron chi connectivity index (χ3n) is 4.12. The number of nitrogens with two attached hydrogens (primary N) is 1. The Morgan fingerprint density at radius 3 is 2.53 bits per heavy atom. The number of aromatic nitrogens is 2. The van der Waals surface area contributed by atoms with Gasteiger partial charge in [0.25, 0.3) is 0 Å². The van der Waals surface area contributed by atoms with Gasteiger partial charge in [0, 0.05) is 5.69 Å². The van der Waals surface area contributed by atoms with E-state index in [4.69, 9.17) is 10.5 Å². The summed E-state index contributed by atoms with van der Waals surface area (Å²) in [6.07, 6.45) is 1.99. The Hall–Kier alpha value is -1.36. The largest absolute Gasteiger partial charge is 0.465 e. The van der Waals surface area contributed by atoms with E-state index < -0.39 is 5.54 Å². The van der Waals surface area contributed by atoms with Crippen molar-refractivity contribution in [3.8, 4) is 0 Å². The first-order chi connectivity index (χ1) is 8.90. The number of carbonyl (C=O) groups is 1. The molecule has 1 saturated carbocycles. The maximum atomic E-state index is 12.2. The number of aryl methyl sites for hydroxylation is 1. The zero-order valence-corrected chi connectivity index (χ0v) is 12.2. The number of rotatable bonds is 5. The molecule has 1 aliphatic carbocycles. The predicted octanol–water partition coefficient (Wildman–Crippen LogP) is 1.48. The lowest BCUT2D eigenvalue weighted by atomic mass is 9.94. The second kappa shape index (κ2) is 4.96. The fraction of sp³-hybridized carbons (Fsp3) is 0.714. The van der Waals surface area contributed by atoms with Crippen LogP contribution in [-0.2, 0) is 16.1 Å². The molecule has 106 valence electrons. The van der Waals surface area contributed by atoms with E-state index >= 15 is 0 Å². The highest BCUT2D eigenvalue weighted by molar-refractivity contribution is 5.81. The van der Waals surface area contributed by atoms with E-state index in [-0.39, 0.29) is 11.9 Å². The SMILES string of the molecule is CCOC(=O)C(N)(Cn1nc(C)c(C)c1C)C1CC1. The van der Waals surface area contributed by atoms with Crippen molar-refractivity contribution in [1.29, 1.82) is 0 Å². The molecule has 0 aliphatic heterocycles. The van der Waals surface area contributed by atoms with Crippen LogP contribution in [0.5, 0.6) is 0 Å². The van der Waals surface area contributed by atoms with Gasteiger partial charge in [0.05, 0.1) is 18.8 Å². The predicted molar refractivity (Wildman–Crippen MR) is 72.7 cm³/mol. The van der Waals surface area contributed by atoms with Gasteiger partial charge in [0.2, 0.25) is 0 Å². The molecule has 0 amide bonds. The van der Waals surface area contributed by atoms with Gasteiger partial charge in [-0.25, -0.2) is 4.79 Å². The number of ether oxygens (including phenoxy) is 1. The van der Waals surface area contributed by atoms with E-state index in [1.165, 1.54) is 0 Å². The molecule has 1 unspecified atom stereocenters. The van der Waals surface area contributed by atoms with E-state index in [1.54, 1.807) is 6.92 Å². The molecule has 19 heavy (non-hydrogen) atoms. The zero-order valence-electron chi connectivity index (χ0n) is 12.2. The Labute approximate surface area is 114 Å². The third kappa shape index (κ3) is 2.52. The maximum absolute atomic E-state index is 12.2. The fourth-order valence-electron chi connectivity index (χ4n) is 2.41. The average molecular weight is 265 g/mol. The van der Waals surface area contributed by atoms with Crippen molar-refractivity contribution < 1.29 is 9.53 Å². The quantitative estimate of drug-likeness (QED) is 0.819. The lowest BCUT2D eigenvalue weighted by Crippen LogP contribution is -2.54. The lowest BCUT2D eigenvalue weighted by molar-refractivity contribution is -0.151. The Morgan fingerprint density at radius 1 is 1.47 bits per heavy atom. The first-order valence-corrected chi connectivity index (χ1v) is 6.86. The molecule has 1 fully saturated rings. The number of hydrogen-bond donors (Lipinski definition) is 1. The molecule has 1 atom stereocenters. The van der Waals surface area contributed by atoms with Crippen LogP contribution in [0.3, 0.4) is 0 Å². The van der Waals surface area contributed by atoms with Gasteiger partial charge in [0.1, 0.15) is 5.54 Å². The molecule has 0 saturated heterocycles. The second-order valence-electron chi connectivity index (χ2n) is 5.49. The van der Waals surface area contributed by atoms with Crippen LogP contribution in [0.15, 0.2) is 0 Å². The number of hydrogen-bond acceptors (Lipinski definition) is 4. The molecule has 5 heteroatoms. The van der Waals surface area contributed by atoms with Crippen LogP contribution >= 0.6 is 0 Å². The topological polar surface area (TPSA) is 70.1 Å². The van der Waals surface area contributed by atoms with E-state index in [0.717, 1.165) is 29.8 Å². The van der Waals surface area contributed by atoms with Crippen LogP contribution < -0.4 is 5.73 Å². The summed E-state index contributed by atoms with van der Waals surface area (Å²) in [7, 11) is 0. The Bertz CT molecular complexity index is 491. The standard InChI is InChI=1S/C14H23N3O2/c1-5-19-13(18)14(15,12-6-7-12)8-17-11(4)9(2)10(3)16-17/h12H,5-8,15H2,1-4H3. The molecule has 0 radical (unpaired) electrons. The van der Waals surface area contributed by atoms with Crippen LogP contribution in [0.1, 0.15) is 36.7 Å². The maximum Gasteiger partial charge on any atom is 0.328 e. The smallest absolute Gasteiger partial charge is 0.328 e. The van der Waals surface area contributed by atoms with Crippen molar-refractivity contribution in [3.05, 3.63) is 17.0 Å². The van der Waals surface area contributed by atoms with Crippen molar-refractivity contribution in [2.45, 2.75) is 52.6 Å². The van der Waals surface area contributed by atoms with Crippen molar-refractivity contribution in [2.24, 2.45) is 11.7 Å². The van der Waals surface area contributed by atoms with E-state index in [0.29, 0.717) is 13.2 Å². The Balaban J connectivity index is 2.25. The second-order valence-corrected chi connectivity index (χ2v) is 5.49. The monoisotopic (exact) mass is 265 g/mol. The summed E-state index contributed by atoms with van der Waals surface area (Å²) in [5.74, 6) is -0.0848. The lowest BCUT2D eigenvalue weighted by Gasteiger charge is -2.27. The number of esters is 1. The molecule has 0 spiro atoms. The minimum atomic E-state index is -0.939. The Kier molecular flexibility index (Phi) is 3.67. The molecule has 0 bridgehead atoms. The third-order valence-corrected chi connectivity index (χ3v) is 4.12. The van der Waals surface area contributed by atoms with Crippen LogP contribution in [0.2, 0.25) is 0 Å². The van der Waals surface area contributed by atoms with E-state index in [1.807, 2.05) is 25.5 Å². The van der Waals surface area contributed by atoms with E-state index in [9.17, 15) is 4.79 Å². The zero-order chi connectivity index (χ0) is 14.2. The summed E-state index contributed by atoms with van der Waals surface area (Å²) in [6.45, 7) is 8.58. The summed E-state index contributed by atoms with van der Waals surface area (Å²) >= 11 is 0. The normalized spacial score (nSPS) is 18.2. The van der Waals surface area contributed by atoms with Gasteiger partial charge < -0.3 is 10.5 Å². The molecule has 2 N–H and O–H groups in total. The van der Waals surface area contributed by atoms with Crippen molar-refractivity contribution >= 4 is 5.97 Å². The first-order valence-electron chi connectivity index (χ1n) is 6.86. The highest BCUT2D eigenvalue weighted by atomic mass is 16.5. The first kappa shape index (κ1) is 14.1. The van der Waals surface area contributed by atoms with Crippen LogP contribution in [-0.4, -0.2) is 27.9 Å². The van der Waals surface area contributed by atoms with Crippen LogP contribution in [0.4, 0.5) is 0 Å². The molecule has 1 aromatic heterocycles. The summed E-state index contributed by atoms with van der Waals surface area (Å²) in [6, 6.07) is 0. The van der Waals surface area contributed by atoms with Gasteiger partial charge >= 0.3 is 5.97 Å². The summed E-state index contributed by atoms with van der Waals surface area (Å²) in [4.78, 5) is 12.2. The summed E-state index contributed by atoms with van der Waals surface area (Å²) in [5.41, 5.74) is 8.63. The highest BCUT2D eigenvalue weighted by Gasteiger charge is 2.49. The summed E-state index contributed by atoms with van der Waals surface area (Å²) < 4.78 is 7.00. The van der Waals surface area contributed by atoms with Crippen LogP contribution in [0.25, 0.3) is 0 Å². The molecule has 5 nitrogen and oxygen atoms in total. The summed E-state index contributed by atoms with van der Waals surface area (Å²) in [5, 5.41) is 4.48. The van der Waals surface area contributed by atoms with Crippen molar-refractivity contribution in [1.82, 2.24) is 9.78 Å². The van der Waals surface area contributed by atoms with Crippen LogP contribution in [0, 0.1) is 26.7 Å². The molecular weight excluding hydrogens is 242 g/mol. The molecule has 2 rings (SSSR count). The molecular formula is C14H23N3O2. The number of nitrogens with zero attached hydrogens (tertiary/aromatic N) is 2. The molecule has 0 aromatic carbocycles. The van der Waals surface area contributed by atoms with Gasteiger partial charge in [-0.1, -0.05) is 0 Å². The van der Waals surface area contributed by atoms with Gasteiger partial charge in [-0.05, 0) is 52.0 Å². The van der Waals surface area contributed by atoms with E-state index in [2.05, 4.69) is 5.10 Å². The fourth-order valence-corrected chi connectivity index (χ4v) is 2.41. The van der Waals surface area contributed by atoms with Gasteiger partial charge in [0.15, 0.2) is 0 Å². The van der Waals surface area contributed by atoms with Gasteiger partial charge in [-0.2, -0.15) is 5.10 Å². The van der Waals surface area contributed by atoms with Crippen molar-refractivity contribution in [2.75, 3.05) is 6.61 Å². The minimum Gasteiger partial charge on any atom is -0.465 e. The van der Waals surface area contributed by atoms with Crippen molar-refractivity contribution in [3.63, 3.8) is 0 Å². The van der Waals surface area contributed by atoms with Gasteiger partial charge in [-0.3, -0.25) is 4.68 Å². The molecule has 1 heterocycles. The number of carbonyl (C=O) groups excluding carboxylic acids is 1. The average Bonchev–Trinajstić information content (AvgIpc) is 3.17. The van der Waals surface area contributed by atoms with Gasteiger partial charge in [-0.15, -0.1) is 0 Å². The molecule has 1 aliphatic rings. The Morgan fingerprint density at radius 2 is 2.11 bits per heavy atom. The molecule has 1 aromatic rings.